The smallest absolute Gasteiger partial charge is 0.295 e. The third-order valence-electron chi connectivity index (χ3n) is 7.63. The third kappa shape index (κ3) is 6.38. The number of hydrogen-bond donors (Lipinski definition) is 1. The highest BCUT2D eigenvalue weighted by molar-refractivity contribution is 6.46. The molecule has 1 heterocycles. The lowest BCUT2D eigenvalue weighted by atomic mass is 9.94. The summed E-state index contributed by atoms with van der Waals surface area (Å²) in [5, 5.41) is 14.0. The second-order valence-electron chi connectivity index (χ2n) is 10.0. The van der Waals surface area contributed by atoms with Crippen molar-refractivity contribution in [3.8, 4) is 17.2 Å². The lowest BCUT2D eigenvalue weighted by molar-refractivity contribution is -0.895. The van der Waals surface area contributed by atoms with Gasteiger partial charge >= 0.3 is 0 Å². The molecular weight excluding hydrogens is 520 g/mol. The maximum absolute atomic E-state index is 14.0. The Labute approximate surface area is 241 Å². The minimum absolute atomic E-state index is 0.0610. The number of carbonyl (C=O) groups excluding carboxylic acids is 2. The van der Waals surface area contributed by atoms with Crippen LogP contribution in [0.2, 0.25) is 0 Å². The molecule has 8 heteroatoms. The van der Waals surface area contributed by atoms with Crippen LogP contribution in [0.25, 0.3) is 5.76 Å². The van der Waals surface area contributed by atoms with Gasteiger partial charge in [-0.1, -0.05) is 48.2 Å². The van der Waals surface area contributed by atoms with Crippen LogP contribution in [0.1, 0.15) is 42.1 Å². The summed E-state index contributed by atoms with van der Waals surface area (Å²) in [5.74, 6) is -0.303. The van der Waals surface area contributed by atoms with Gasteiger partial charge in [-0.3, -0.25) is 9.59 Å². The molecule has 8 nitrogen and oxygen atoms in total. The quantitative estimate of drug-likeness (QED) is 0.209. The Bertz CT molecular complexity index is 1410. The molecular formula is C33H38N2O6. The zero-order valence-corrected chi connectivity index (χ0v) is 24.4. The summed E-state index contributed by atoms with van der Waals surface area (Å²) in [5.41, 5.74) is 2.66. The molecule has 1 fully saturated rings. The van der Waals surface area contributed by atoms with E-state index in [1.807, 2.05) is 37.3 Å². The number of nitrogens with zero attached hydrogens (tertiary/aromatic N) is 1. The molecule has 1 saturated heterocycles. The maximum Gasteiger partial charge on any atom is 0.295 e. The second-order valence-corrected chi connectivity index (χ2v) is 10.0. The zero-order chi connectivity index (χ0) is 29.5. The third-order valence-corrected chi connectivity index (χ3v) is 7.63. The van der Waals surface area contributed by atoms with E-state index in [-0.39, 0.29) is 5.57 Å². The van der Waals surface area contributed by atoms with Gasteiger partial charge in [0.2, 0.25) is 5.78 Å². The number of rotatable bonds is 12. The predicted octanol–water partition coefficient (Wildman–Crippen LogP) is 2.74. The molecule has 0 radical (unpaired) electrons. The van der Waals surface area contributed by atoms with E-state index in [0.29, 0.717) is 48.1 Å². The van der Waals surface area contributed by atoms with Crippen molar-refractivity contribution >= 4 is 17.4 Å². The van der Waals surface area contributed by atoms with E-state index >= 15 is 0 Å². The predicted molar refractivity (Wildman–Crippen MR) is 155 cm³/mol. The first kappa shape index (κ1) is 29.7. The fourth-order valence-corrected chi connectivity index (χ4v) is 5.20. The Morgan fingerprint density at radius 3 is 2.22 bits per heavy atom. The van der Waals surface area contributed by atoms with Crippen molar-refractivity contribution in [2.45, 2.75) is 33.4 Å². The average Bonchev–Trinajstić information content (AvgIpc) is 3.25. The number of ketones is 1. The van der Waals surface area contributed by atoms with Gasteiger partial charge in [-0.05, 0) is 67.3 Å². The van der Waals surface area contributed by atoms with Crippen LogP contribution in [-0.2, 0) is 16.2 Å². The topological polar surface area (TPSA) is 92.6 Å². The minimum atomic E-state index is -0.841. The molecule has 41 heavy (non-hydrogen) atoms. The van der Waals surface area contributed by atoms with E-state index in [1.54, 1.807) is 36.4 Å². The summed E-state index contributed by atoms with van der Waals surface area (Å²) in [7, 11) is 3.06. The number of hydrogen-bond acceptors (Lipinski definition) is 6. The molecule has 1 amide bonds. The number of Topliss-reactive ketones (excluding diaryl/α,β-unsaturated/α-hetero) is 1. The number of nitrogens with one attached hydrogen (secondary N) is 1. The number of quaternary nitrogens is 1. The van der Waals surface area contributed by atoms with Gasteiger partial charge < -0.3 is 29.1 Å². The van der Waals surface area contributed by atoms with Crippen LogP contribution in [0.4, 0.5) is 0 Å². The van der Waals surface area contributed by atoms with Gasteiger partial charge in [-0.25, -0.2) is 0 Å². The van der Waals surface area contributed by atoms with Gasteiger partial charge in [0.1, 0.15) is 12.4 Å². The molecule has 1 aliphatic rings. The summed E-state index contributed by atoms with van der Waals surface area (Å²) in [4.78, 5) is 29.6. The number of benzene rings is 3. The number of amides is 1. The molecule has 1 aliphatic heterocycles. The average molecular weight is 559 g/mol. The van der Waals surface area contributed by atoms with E-state index in [1.165, 1.54) is 24.0 Å². The fourth-order valence-electron chi connectivity index (χ4n) is 5.20. The molecule has 3 aromatic carbocycles. The highest BCUT2D eigenvalue weighted by Gasteiger charge is 2.44. The Morgan fingerprint density at radius 2 is 1.59 bits per heavy atom. The molecule has 216 valence electrons. The molecule has 0 spiro atoms. The van der Waals surface area contributed by atoms with Gasteiger partial charge in [0, 0.05) is 5.57 Å². The van der Waals surface area contributed by atoms with E-state index in [0.717, 1.165) is 24.2 Å². The van der Waals surface area contributed by atoms with Gasteiger partial charge in [0.15, 0.2) is 11.5 Å². The Hall–Kier alpha value is -4.30. The number of likely N-dealkylation sites (N-methyl/N-ethyl adjacent to an activating group) is 1. The van der Waals surface area contributed by atoms with Gasteiger partial charge in [-0.15, -0.1) is 0 Å². The number of methoxy groups -OCH3 is 2. The SMILES string of the molecule is CC[NH+](CC)CCN1C(=O)C(=O)/C(=C(/[O-])c2ccc(OCc3ccccc3)c(C)c2)C1c1ccc(OC)c(OC)c1. The van der Waals surface area contributed by atoms with Crippen LogP contribution in [0.5, 0.6) is 17.2 Å². The molecule has 1 N–H and O–H groups in total. The number of ether oxygens (including phenoxy) is 3. The Morgan fingerprint density at radius 1 is 0.902 bits per heavy atom. The zero-order valence-electron chi connectivity index (χ0n) is 24.4. The summed E-state index contributed by atoms with van der Waals surface area (Å²) in [6, 6.07) is 19.3. The summed E-state index contributed by atoms with van der Waals surface area (Å²) in [6.07, 6.45) is 0. The van der Waals surface area contributed by atoms with E-state index in [4.69, 9.17) is 14.2 Å². The molecule has 0 bridgehead atoms. The van der Waals surface area contributed by atoms with Crippen LogP contribution in [0.15, 0.2) is 72.3 Å². The summed E-state index contributed by atoms with van der Waals surface area (Å²) in [6.45, 7) is 9.18. The Balaban J connectivity index is 1.73. The van der Waals surface area contributed by atoms with Crippen LogP contribution in [-0.4, -0.2) is 57.0 Å². The van der Waals surface area contributed by atoms with E-state index in [9.17, 15) is 14.7 Å². The monoisotopic (exact) mass is 558 g/mol. The standard InChI is InChI=1S/C33H38N2O6/c1-6-34(7-2)17-18-35-30(24-13-16-27(39-4)28(20-24)40-5)29(32(37)33(35)38)31(36)25-14-15-26(22(3)19-25)41-21-23-11-9-8-10-12-23/h8-16,19-20,30,36H,6-7,17-18,21H2,1-5H3/b31-29+. The molecule has 0 aromatic heterocycles. The van der Waals surface area contributed by atoms with Crippen LogP contribution >= 0.6 is 0 Å². The molecule has 1 unspecified atom stereocenters. The number of aryl methyl sites for hydroxylation is 1. The summed E-state index contributed by atoms with van der Waals surface area (Å²) < 4.78 is 16.9. The van der Waals surface area contributed by atoms with Crippen molar-refractivity contribution < 1.29 is 33.8 Å². The van der Waals surface area contributed by atoms with Crippen LogP contribution in [0, 0.1) is 6.92 Å². The largest absolute Gasteiger partial charge is 0.872 e. The molecule has 3 aromatic rings. The number of likely N-dealkylation sites (tertiary alicyclic amines) is 1. The van der Waals surface area contributed by atoms with Crippen molar-refractivity contribution in [3.05, 3.63) is 94.6 Å². The first-order valence-corrected chi connectivity index (χ1v) is 13.9. The maximum atomic E-state index is 14.0. The second kappa shape index (κ2) is 13.4. The van der Waals surface area contributed by atoms with Gasteiger partial charge in [0.05, 0.1) is 46.4 Å². The van der Waals surface area contributed by atoms with E-state index in [2.05, 4.69) is 13.8 Å². The lowest BCUT2D eigenvalue weighted by Gasteiger charge is -2.29. The minimum Gasteiger partial charge on any atom is -0.872 e. The highest BCUT2D eigenvalue weighted by Crippen LogP contribution is 2.41. The molecule has 4 rings (SSSR count). The van der Waals surface area contributed by atoms with Gasteiger partial charge in [-0.2, -0.15) is 0 Å². The lowest BCUT2D eigenvalue weighted by Crippen LogP contribution is -3.12. The molecule has 0 saturated carbocycles. The molecule has 0 aliphatic carbocycles. The molecule has 1 atom stereocenters. The van der Waals surface area contributed by atoms with Crippen LogP contribution < -0.4 is 24.2 Å². The first-order chi connectivity index (χ1) is 19.8. The van der Waals surface area contributed by atoms with E-state index < -0.39 is 23.5 Å². The van der Waals surface area contributed by atoms with Gasteiger partial charge in [0.25, 0.3) is 5.91 Å². The Kier molecular flexibility index (Phi) is 9.68. The summed E-state index contributed by atoms with van der Waals surface area (Å²) >= 11 is 0. The van der Waals surface area contributed by atoms with Crippen molar-refractivity contribution in [1.29, 1.82) is 0 Å². The van der Waals surface area contributed by atoms with Crippen molar-refractivity contribution in [2.75, 3.05) is 40.4 Å². The van der Waals surface area contributed by atoms with Crippen LogP contribution in [0.3, 0.4) is 0 Å². The fraction of sp³-hybridized carbons (Fsp3) is 0.333. The van der Waals surface area contributed by atoms with Crippen molar-refractivity contribution in [1.82, 2.24) is 4.90 Å². The first-order valence-electron chi connectivity index (χ1n) is 13.9. The van der Waals surface area contributed by atoms with Crippen molar-refractivity contribution in [2.24, 2.45) is 0 Å². The number of carbonyl (C=O) groups is 2. The normalized spacial score (nSPS) is 16.3. The van der Waals surface area contributed by atoms with Crippen molar-refractivity contribution in [3.63, 3.8) is 0 Å². The highest BCUT2D eigenvalue weighted by atomic mass is 16.5.